The number of carbonyl (C=O) groups excluding carboxylic acids is 2. The SMILES string of the molecule is Cc1ccc(-n2nnc(C(=O)N3CC[C@@H](C(N)=O)C3)c2C)cc1. The van der Waals surface area contributed by atoms with Gasteiger partial charge in [0.1, 0.15) is 0 Å². The minimum atomic E-state index is -0.361. The summed E-state index contributed by atoms with van der Waals surface area (Å²) in [6.45, 7) is 4.69. The number of rotatable bonds is 3. The van der Waals surface area contributed by atoms with Crippen LogP contribution in [0.3, 0.4) is 0 Å². The number of carbonyl (C=O) groups is 2. The Hall–Kier alpha value is -2.70. The molecular formula is C16H19N5O2. The third kappa shape index (κ3) is 2.81. The fraction of sp³-hybridized carbons (Fsp3) is 0.375. The normalized spacial score (nSPS) is 17.5. The summed E-state index contributed by atoms with van der Waals surface area (Å²) in [6.07, 6.45) is 0.603. The van der Waals surface area contributed by atoms with Crippen molar-refractivity contribution in [3.63, 3.8) is 0 Å². The number of likely N-dealkylation sites (tertiary alicyclic amines) is 1. The molecule has 0 radical (unpaired) electrons. The van der Waals surface area contributed by atoms with Crippen molar-refractivity contribution in [1.29, 1.82) is 0 Å². The summed E-state index contributed by atoms with van der Waals surface area (Å²) in [5.74, 6) is -0.837. The van der Waals surface area contributed by atoms with Crippen LogP contribution < -0.4 is 5.73 Å². The summed E-state index contributed by atoms with van der Waals surface area (Å²) in [4.78, 5) is 25.5. The molecule has 120 valence electrons. The third-order valence-corrected chi connectivity index (χ3v) is 4.25. The van der Waals surface area contributed by atoms with Gasteiger partial charge in [0.15, 0.2) is 5.69 Å². The second-order valence-corrected chi connectivity index (χ2v) is 5.91. The highest BCUT2D eigenvalue weighted by atomic mass is 16.2. The molecule has 3 rings (SSSR count). The fourth-order valence-corrected chi connectivity index (χ4v) is 2.78. The number of nitrogens with two attached hydrogens (primary N) is 1. The van der Waals surface area contributed by atoms with E-state index in [1.54, 1.807) is 9.58 Å². The van der Waals surface area contributed by atoms with E-state index in [1.165, 1.54) is 0 Å². The van der Waals surface area contributed by atoms with Crippen LogP contribution in [0.5, 0.6) is 0 Å². The highest BCUT2D eigenvalue weighted by molar-refractivity contribution is 5.94. The zero-order valence-corrected chi connectivity index (χ0v) is 13.2. The van der Waals surface area contributed by atoms with Gasteiger partial charge in [0.05, 0.1) is 17.3 Å². The molecule has 0 bridgehead atoms. The summed E-state index contributed by atoms with van der Waals surface area (Å²) in [6, 6.07) is 7.83. The first-order chi connectivity index (χ1) is 11.0. The Balaban J connectivity index is 1.83. The summed E-state index contributed by atoms with van der Waals surface area (Å²) >= 11 is 0. The lowest BCUT2D eigenvalue weighted by molar-refractivity contribution is -0.121. The zero-order valence-electron chi connectivity index (χ0n) is 13.2. The molecule has 0 unspecified atom stereocenters. The molecule has 7 heteroatoms. The molecule has 7 nitrogen and oxygen atoms in total. The van der Waals surface area contributed by atoms with Crippen molar-refractivity contribution >= 4 is 11.8 Å². The smallest absolute Gasteiger partial charge is 0.276 e. The van der Waals surface area contributed by atoms with Crippen molar-refractivity contribution in [3.05, 3.63) is 41.2 Å². The van der Waals surface area contributed by atoms with Crippen LogP contribution in [-0.2, 0) is 4.79 Å². The number of aromatic nitrogens is 3. The Bertz CT molecular complexity index is 750. The predicted molar refractivity (Wildman–Crippen MR) is 84.0 cm³/mol. The van der Waals surface area contributed by atoms with Gasteiger partial charge >= 0.3 is 0 Å². The van der Waals surface area contributed by atoms with Gasteiger partial charge in [0, 0.05) is 13.1 Å². The van der Waals surface area contributed by atoms with Crippen molar-refractivity contribution in [2.45, 2.75) is 20.3 Å². The molecule has 1 aromatic heterocycles. The van der Waals surface area contributed by atoms with Crippen molar-refractivity contribution in [2.24, 2.45) is 11.7 Å². The zero-order chi connectivity index (χ0) is 16.6. The van der Waals surface area contributed by atoms with Crippen molar-refractivity contribution in [2.75, 3.05) is 13.1 Å². The first kappa shape index (κ1) is 15.2. The van der Waals surface area contributed by atoms with Crippen LogP contribution >= 0.6 is 0 Å². The molecule has 23 heavy (non-hydrogen) atoms. The highest BCUT2D eigenvalue weighted by Crippen LogP contribution is 2.20. The van der Waals surface area contributed by atoms with Crippen molar-refractivity contribution in [3.8, 4) is 5.69 Å². The Kier molecular flexibility index (Phi) is 3.85. The lowest BCUT2D eigenvalue weighted by atomic mass is 10.1. The molecule has 2 N–H and O–H groups in total. The standard InChI is InChI=1S/C16H19N5O2/c1-10-3-5-13(6-4-10)21-11(2)14(18-19-21)16(23)20-8-7-12(9-20)15(17)22/h3-6,12H,7-9H2,1-2H3,(H2,17,22)/t12-/m1/s1. The van der Waals surface area contributed by atoms with E-state index in [2.05, 4.69) is 10.3 Å². The molecule has 1 aromatic carbocycles. The number of nitrogens with zero attached hydrogens (tertiary/aromatic N) is 4. The van der Waals surface area contributed by atoms with E-state index in [0.29, 0.717) is 30.9 Å². The highest BCUT2D eigenvalue weighted by Gasteiger charge is 2.32. The van der Waals surface area contributed by atoms with Gasteiger partial charge in [-0.15, -0.1) is 5.10 Å². The van der Waals surface area contributed by atoms with E-state index in [9.17, 15) is 9.59 Å². The summed E-state index contributed by atoms with van der Waals surface area (Å²) < 4.78 is 1.65. The van der Waals surface area contributed by atoms with Gasteiger partial charge in [0.2, 0.25) is 5.91 Å². The molecule has 0 saturated carbocycles. The van der Waals surface area contributed by atoms with E-state index in [0.717, 1.165) is 11.3 Å². The maximum atomic E-state index is 12.6. The van der Waals surface area contributed by atoms with Crippen LogP contribution in [-0.4, -0.2) is 44.8 Å². The number of hydrogen-bond acceptors (Lipinski definition) is 4. The first-order valence-corrected chi connectivity index (χ1v) is 7.55. The fourth-order valence-electron chi connectivity index (χ4n) is 2.78. The molecule has 1 aliphatic rings. The minimum absolute atomic E-state index is 0.204. The maximum absolute atomic E-state index is 12.6. The second kappa shape index (κ2) is 5.83. The minimum Gasteiger partial charge on any atom is -0.369 e. The third-order valence-electron chi connectivity index (χ3n) is 4.25. The molecule has 2 amide bonds. The van der Waals surface area contributed by atoms with E-state index in [-0.39, 0.29) is 17.7 Å². The molecule has 1 fully saturated rings. The Morgan fingerprint density at radius 3 is 2.52 bits per heavy atom. The molecule has 0 spiro atoms. The predicted octanol–water partition coefficient (Wildman–Crippen LogP) is 0.832. The van der Waals surface area contributed by atoms with Crippen LogP contribution in [0.15, 0.2) is 24.3 Å². The van der Waals surface area contributed by atoms with Gasteiger partial charge in [0.25, 0.3) is 5.91 Å². The first-order valence-electron chi connectivity index (χ1n) is 7.55. The molecule has 1 aliphatic heterocycles. The van der Waals surface area contributed by atoms with E-state index < -0.39 is 0 Å². The van der Waals surface area contributed by atoms with Gasteiger partial charge < -0.3 is 10.6 Å². The number of benzene rings is 1. The van der Waals surface area contributed by atoms with Gasteiger partial charge in [-0.3, -0.25) is 9.59 Å². The Morgan fingerprint density at radius 2 is 1.91 bits per heavy atom. The van der Waals surface area contributed by atoms with Crippen LogP contribution in [0.1, 0.15) is 28.2 Å². The average molecular weight is 313 g/mol. The summed E-state index contributed by atoms with van der Waals surface area (Å²) in [5.41, 5.74) is 8.32. The average Bonchev–Trinajstić information content (AvgIpc) is 3.15. The lowest BCUT2D eigenvalue weighted by Crippen LogP contribution is -2.32. The van der Waals surface area contributed by atoms with Gasteiger partial charge in [-0.05, 0) is 32.4 Å². The lowest BCUT2D eigenvalue weighted by Gasteiger charge is -2.14. The van der Waals surface area contributed by atoms with E-state index in [1.807, 2.05) is 38.1 Å². The molecule has 0 aliphatic carbocycles. The van der Waals surface area contributed by atoms with E-state index >= 15 is 0 Å². The molecule has 2 aromatic rings. The van der Waals surface area contributed by atoms with Crippen LogP contribution in [0.25, 0.3) is 5.69 Å². The second-order valence-electron chi connectivity index (χ2n) is 5.91. The number of amides is 2. The molecule has 2 heterocycles. The van der Waals surface area contributed by atoms with Crippen molar-refractivity contribution in [1.82, 2.24) is 19.9 Å². The molecule has 1 atom stereocenters. The number of hydrogen-bond donors (Lipinski definition) is 1. The topological polar surface area (TPSA) is 94.1 Å². The van der Waals surface area contributed by atoms with Gasteiger partial charge in [-0.25, -0.2) is 4.68 Å². The maximum Gasteiger partial charge on any atom is 0.276 e. The molecular weight excluding hydrogens is 294 g/mol. The quantitative estimate of drug-likeness (QED) is 0.908. The van der Waals surface area contributed by atoms with Crippen molar-refractivity contribution < 1.29 is 9.59 Å². The summed E-state index contributed by atoms with van der Waals surface area (Å²) in [7, 11) is 0. The number of aryl methyl sites for hydroxylation is 1. The Morgan fingerprint density at radius 1 is 1.22 bits per heavy atom. The van der Waals surface area contributed by atoms with E-state index in [4.69, 9.17) is 5.73 Å². The largest absolute Gasteiger partial charge is 0.369 e. The molecule has 1 saturated heterocycles. The Labute approximate surface area is 134 Å². The van der Waals surface area contributed by atoms with Crippen LogP contribution in [0.4, 0.5) is 0 Å². The van der Waals surface area contributed by atoms with Crippen LogP contribution in [0, 0.1) is 19.8 Å². The van der Waals surface area contributed by atoms with Gasteiger partial charge in [-0.2, -0.15) is 0 Å². The monoisotopic (exact) mass is 313 g/mol. The van der Waals surface area contributed by atoms with Crippen LogP contribution in [0.2, 0.25) is 0 Å². The number of primary amides is 1. The summed E-state index contributed by atoms with van der Waals surface area (Å²) in [5, 5.41) is 8.12. The van der Waals surface area contributed by atoms with Gasteiger partial charge in [-0.1, -0.05) is 22.9 Å².